The lowest BCUT2D eigenvalue weighted by Crippen LogP contribution is -2.48. The molecule has 1 fully saturated rings. The summed E-state index contributed by atoms with van der Waals surface area (Å²) in [7, 11) is 0. The topological polar surface area (TPSA) is 70.6 Å². The summed E-state index contributed by atoms with van der Waals surface area (Å²) in [5.41, 5.74) is 2.82. The first-order valence-electron chi connectivity index (χ1n) is 11.8. The van der Waals surface area contributed by atoms with Crippen molar-refractivity contribution in [1.82, 2.24) is 10.6 Å². The van der Waals surface area contributed by atoms with Crippen LogP contribution in [-0.4, -0.2) is 36.3 Å². The molecule has 0 spiro atoms. The Hall–Kier alpha value is -2.51. The van der Waals surface area contributed by atoms with Gasteiger partial charge in [0.15, 0.2) is 0 Å². The minimum atomic E-state index is -0.940. The van der Waals surface area contributed by atoms with Gasteiger partial charge >= 0.3 is 0 Å². The molecule has 1 saturated carbocycles. The summed E-state index contributed by atoms with van der Waals surface area (Å²) in [6.07, 6.45) is 4.92. The molecule has 4 rings (SSSR count). The molecule has 1 heterocycles. The minimum absolute atomic E-state index is 0.0225. The van der Waals surface area contributed by atoms with Gasteiger partial charge in [0.2, 0.25) is 5.91 Å². The Labute approximate surface area is 193 Å². The third-order valence-electron chi connectivity index (χ3n) is 6.70. The second-order valence-corrected chi connectivity index (χ2v) is 9.23. The first-order valence-corrected chi connectivity index (χ1v) is 11.8. The van der Waals surface area contributed by atoms with E-state index in [4.69, 9.17) is 4.74 Å². The van der Waals surface area contributed by atoms with E-state index < -0.39 is 23.8 Å². The van der Waals surface area contributed by atoms with E-state index in [0.717, 1.165) is 23.8 Å². The maximum atomic E-state index is 13.6. The van der Waals surface area contributed by atoms with E-state index in [2.05, 4.69) is 22.8 Å². The van der Waals surface area contributed by atoms with Crippen LogP contribution in [-0.2, 0) is 11.2 Å². The smallest absolute Gasteiger partial charge is 0.217 e. The van der Waals surface area contributed by atoms with Crippen LogP contribution < -0.4 is 15.4 Å². The van der Waals surface area contributed by atoms with Gasteiger partial charge < -0.3 is 20.5 Å². The monoisotopic (exact) mass is 458 g/mol. The molecule has 0 bridgehead atoms. The summed E-state index contributed by atoms with van der Waals surface area (Å²) in [6, 6.07) is 9.03. The van der Waals surface area contributed by atoms with Crippen molar-refractivity contribution in [1.29, 1.82) is 0 Å². The molecule has 0 radical (unpaired) electrons. The van der Waals surface area contributed by atoms with Crippen molar-refractivity contribution in [3.8, 4) is 5.75 Å². The van der Waals surface area contributed by atoms with Gasteiger partial charge in [-0.3, -0.25) is 4.79 Å². The van der Waals surface area contributed by atoms with Crippen LogP contribution in [0.3, 0.4) is 0 Å². The van der Waals surface area contributed by atoms with Crippen LogP contribution in [0.1, 0.15) is 67.7 Å². The molecule has 178 valence electrons. The molecule has 0 aromatic heterocycles. The Kier molecular flexibility index (Phi) is 7.60. The fourth-order valence-electron chi connectivity index (χ4n) is 5.07. The number of halogens is 2. The minimum Gasteiger partial charge on any atom is -0.493 e. The number of aliphatic hydroxyl groups is 1. The molecule has 3 N–H and O–H groups in total. The zero-order valence-electron chi connectivity index (χ0n) is 18.9. The Morgan fingerprint density at radius 1 is 1.12 bits per heavy atom. The molecule has 5 nitrogen and oxygen atoms in total. The zero-order chi connectivity index (χ0) is 23.4. The normalized spacial score (nSPS) is 20.1. The van der Waals surface area contributed by atoms with Crippen molar-refractivity contribution in [2.75, 3.05) is 13.2 Å². The fraction of sp³-hybridized carbons (Fsp3) is 0.500. The number of carbonyl (C=O) groups is 1. The Balaban J connectivity index is 1.44. The van der Waals surface area contributed by atoms with Crippen molar-refractivity contribution in [3.05, 3.63) is 64.7 Å². The maximum Gasteiger partial charge on any atom is 0.217 e. The molecular formula is C26H32F2N2O3. The van der Waals surface area contributed by atoms with Crippen LogP contribution in [0.15, 0.2) is 36.4 Å². The molecule has 2 aromatic rings. The molecule has 1 amide bonds. The highest BCUT2D eigenvalue weighted by Gasteiger charge is 2.27. The maximum absolute atomic E-state index is 13.6. The Bertz CT molecular complexity index is 958. The average molecular weight is 459 g/mol. The van der Waals surface area contributed by atoms with Gasteiger partial charge in [-0.2, -0.15) is 0 Å². The highest BCUT2D eigenvalue weighted by Crippen LogP contribution is 2.39. The number of nitrogens with one attached hydrogen (secondary N) is 2. The van der Waals surface area contributed by atoms with Crippen LogP contribution in [0, 0.1) is 11.6 Å². The summed E-state index contributed by atoms with van der Waals surface area (Å²) >= 11 is 0. The first kappa shape index (κ1) is 23.6. The van der Waals surface area contributed by atoms with E-state index in [1.165, 1.54) is 50.3 Å². The third-order valence-corrected chi connectivity index (χ3v) is 6.70. The van der Waals surface area contributed by atoms with E-state index in [1.54, 1.807) is 0 Å². The molecule has 0 saturated heterocycles. The van der Waals surface area contributed by atoms with Crippen LogP contribution in [0.5, 0.6) is 5.75 Å². The van der Waals surface area contributed by atoms with Gasteiger partial charge in [-0.15, -0.1) is 0 Å². The van der Waals surface area contributed by atoms with Crippen molar-refractivity contribution < 1.29 is 23.4 Å². The second kappa shape index (κ2) is 10.6. The molecule has 1 aliphatic carbocycles. The Morgan fingerprint density at radius 2 is 1.85 bits per heavy atom. The van der Waals surface area contributed by atoms with Gasteiger partial charge in [-0.05, 0) is 54.5 Å². The number of carbonyl (C=O) groups excluding carboxylic acids is 1. The molecule has 2 aliphatic rings. The van der Waals surface area contributed by atoms with Gasteiger partial charge in [0.25, 0.3) is 0 Å². The summed E-state index contributed by atoms with van der Waals surface area (Å²) in [4.78, 5) is 11.7. The lowest BCUT2D eigenvalue weighted by molar-refractivity contribution is -0.120. The third kappa shape index (κ3) is 6.09. The highest BCUT2D eigenvalue weighted by atomic mass is 19.1. The molecule has 0 unspecified atom stereocenters. The number of fused-ring (bicyclic) bond motifs is 1. The van der Waals surface area contributed by atoms with Crippen LogP contribution in [0.2, 0.25) is 0 Å². The van der Waals surface area contributed by atoms with Crippen LogP contribution >= 0.6 is 0 Å². The summed E-state index contributed by atoms with van der Waals surface area (Å²) in [6.45, 7) is 2.17. The summed E-state index contributed by atoms with van der Waals surface area (Å²) in [5.74, 6) is -0.219. The lowest BCUT2D eigenvalue weighted by atomic mass is 9.91. The van der Waals surface area contributed by atoms with Gasteiger partial charge in [-0.25, -0.2) is 8.78 Å². The molecule has 3 atom stereocenters. The largest absolute Gasteiger partial charge is 0.493 e. The number of hydrogen-bond acceptors (Lipinski definition) is 4. The van der Waals surface area contributed by atoms with Gasteiger partial charge in [0, 0.05) is 37.6 Å². The van der Waals surface area contributed by atoms with E-state index in [1.807, 2.05) is 6.07 Å². The average Bonchev–Trinajstić information content (AvgIpc) is 3.30. The summed E-state index contributed by atoms with van der Waals surface area (Å²) in [5, 5.41) is 17.0. The van der Waals surface area contributed by atoms with Gasteiger partial charge in [-0.1, -0.05) is 25.0 Å². The van der Waals surface area contributed by atoms with Crippen molar-refractivity contribution >= 4 is 5.91 Å². The number of ether oxygens (including phenoxy) is 1. The molecule has 2 aromatic carbocycles. The number of benzene rings is 2. The number of amides is 1. The number of rotatable bonds is 8. The molecule has 1 aliphatic heterocycles. The first-order chi connectivity index (χ1) is 15.9. The van der Waals surface area contributed by atoms with Gasteiger partial charge in [0.1, 0.15) is 17.4 Å². The Morgan fingerprint density at radius 3 is 2.55 bits per heavy atom. The SMILES string of the molecule is CC(=O)N[C@@H](Cc1cc(F)cc(F)c1)[C@H](O)CN[C@H]1CCOc2ccc(C3CCCC3)cc21. The number of hydrogen-bond donors (Lipinski definition) is 3. The van der Waals surface area contributed by atoms with Crippen LogP contribution in [0.4, 0.5) is 8.78 Å². The van der Waals surface area contributed by atoms with E-state index >= 15 is 0 Å². The molecular weight excluding hydrogens is 426 g/mol. The van der Waals surface area contributed by atoms with Crippen molar-refractivity contribution in [2.45, 2.75) is 69.6 Å². The fourth-order valence-corrected chi connectivity index (χ4v) is 5.07. The van der Waals surface area contributed by atoms with E-state index in [0.29, 0.717) is 18.1 Å². The predicted molar refractivity (Wildman–Crippen MR) is 122 cm³/mol. The van der Waals surface area contributed by atoms with Crippen molar-refractivity contribution in [3.63, 3.8) is 0 Å². The highest BCUT2D eigenvalue weighted by molar-refractivity contribution is 5.73. The molecule has 7 heteroatoms. The van der Waals surface area contributed by atoms with Crippen LogP contribution in [0.25, 0.3) is 0 Å². The second-order valence-electron chi connectivity index (χ2n) is 9.23. The zero-order valence-corrected chi connectivity index (χ0v) is 18.9. The summed E-state index contributed by atoms with van der Waals surface area (Å²) < 4.78 is 33.1. The standard InChI is InChI=1S/C26H32F2N2O3/c1-16(31)30-24(12-17-10-20(27)14-21(28)11-17)25(32)15-29-23-8-9-33-26-7-6-19(13-22(23)26)18-4-2-3-5-18/h6-7,10-11,13-14,18,23-25,29,32H,2-5,8-9,12,15H2,1H3,(H,30,31)/t23-,24-,25+/m0/s1. The van der Waals surface area contributed by atoms with Gasteiger partial charge in [0.05, 0.1) is 18.8 Å². The predicted octanol–water partition coefficient (Wildman–Crippen LogP) is 4.14. The van der Waals surface area contributed by atoms with E-state index in [9.17, 15) is 18.7 Å². The molecule has 33 heavy (non-hydrogen) atoms. The van der Waals surface area contributed by atoms with E-state index in [-0.39, 0.29) is 24.9 Å². The number of aliphatic hydroxyl groups excluding tert-OH is 1. The van der Waals surface area contributed by atoms with Crippen molar-refractivity contribution in [2.24, 2.45) is 0 Å². The quantitative estimate of drug-likeness (QED) is 0.556. The lowest BCUT2D eigenvalue weighted by Gasteiger charge is -2.30.